The van der Waals surface area contributed by atoms with Crippen LogP contribution in [0.4, 0.5) is 0 Å². The lowest BCUT2D eigenvalue weighted by Crippen LogP contribution is -2.13. The number of rotatable bonds is 4. The van der Waals surface area contributed by atoms with E-state index in [2.05, 4.69) is 19.6 Å². The van der Waals surface area contributed by atoms with Crippen molar-refractivity contribution in [1.29, 1.82) is 0 Å². The van der Waals surface area contributed by atoms with E-state index in [9.17, 15) is 4.79 Å². The molecule has 0 aromatic carbocycles. The van der Waals surface area contributed by atoms with Gasteiger partial charge >= 0.3 is 5.97 Å². The summed E-state index contributed by atoms with van der Waals surface area (Å²) in [4.78, 5) is 11.4. The molecule has 1 atom stereocenters. The van der Waals surface area contributed by atoms with Crippen molar-refractivity contribution in [3.8, 4) is 0 Å². The Kier molecular flexibility index (Phi) is 3.47. The molecule has 0 saturated heterocycles. The van der Waals surface area contributed by atoms with E-state index in [0.717, 1.165) is 32.1 Å². The number of hydrogen-bond acceptors (Lipinski definition) is 2. The Morgan fingerprint density at radius 1 is 1.44 bits per heavy atom. The fourth-order valence-electron chi connectivity index (χ4n) is 2.07. The second-order valence-electron chi connectivity index (χ2n) is 5.06. The third kappa shape index (κ3) is 2.97. The molecule has 0 spiro atoms. The molecule has 1 saturated carbocycles. The van der Waals surface area contributed by atoms with Gasteiger partial charge in [0.05, 0.1) is 5.92 Å². The standard InChI is InChI=1S/C14H20O2/c1-10(2)12-5-3-11(4-6-12)9-16-14(15)13-7-8-13/h3,12-13H,1,4-9H2,2H3. The normalized spacial score (nSPS) is 24.8. The van der Waals surface area contributed by atoms with Crippen molar-refractivity contribution < 1.29 is 9.53 Å². The molecule has 0 aromatic rings. The van der Waals surface area contributed by atoms with Gasteiger partial charge in [-0.05, 0) is 50.5 Å². The van der Waals surface area contributed by atoms with Crippen molar-refractivity contribution in [3.63, 3.8) is 0 Å². The Labute approximate surface area is 97.4 Å². The largest absolute Gasteiger partial charge is 0.461 e. The minimum atomic E-state index is 0.00271. The van der Waals surface area contributed by atoms with Crippen molar-refractivity contribution in [2.45, 2.75) is 39.0 Å². The molecule has 0 aliphatic heterocycles. The highest BCUT2D eigenvalue weighted by atomic mass is 16.5. The lowest BCUT2D eigenvalue weighted by molar-refractivity contribution is -0.144. The van der Waals surface area contributed by atoms with Crippen LogP contribution in [0, 0.1) is 11.8 Å². The molecule has 2 aliphatic rings. The van der Waals surface area contributed by atoms with Crippen LogP contribution in [0.25, 0.3) is 0 Å². The molecule has 2 aliphatic carbocycles. The first-order valence-electron chi connectivity index (χ1n) is 6.16. The molecule has 1 fully saturated rings. The molecule has 2 heteroatoms. The zero-order chi connectivity index (χ0) is 11.5. The lowest BCUT2D eigenvalue weighted by atomic mass is 9.86. The summed E-state index contributed by atoms with van der Waals surface area (Å²) in [5.41, 5.74) is 2.55. The summed E-state index contributed by atoms with van der Waals surface area (Å²) in [6.45, 7) is 6.60. The van der Waals surface area contributed by atoms with E-state index in [4.69, 9.17) is 4.74 Å². The van der Waals surface area contributed by atoms with Gasteiger partial charge in [0, 0.05) is 0 Å². The Bertz CT molecular complexity index is 324. The van der Waals surface area contributed by atoms with E-state index in [1.165, 1.54) is 11.1 Å². The molecule has 0 aromatic heterocycles. The van der Waals surface area contributed by atoms with Crippen molar-refractivity contribution in [2.24, 2.45) is 11.8 Å². The number of carbonyl (C=O) groups is 1. The minimum Gasteiger partial charge on any atom is -0.461 e. The first-order valence-corrected chi connectivity index (χ1v) is 6.16. The molecule has 16 heavy (non-hydrogen) atoms. The zero-order valence-corrected chi connectivity index (χ0v) is 10.00. The van der Waals surface area contributed by atoms with Crippen molar-refractivity contribution in [3.05, 3.63) is 23.8 Å². The number of esters is 1. The fraction of sp³-hybridized carbons (Fsp3) is 0.643. The van der Waals surface area contributed by atoms with E-state index in [1.54, 1.807) is 0 Å². The molecule has 0 N–H and O–H groups in total. The van der Waals surface area contributed by atoms with Gasteiger partial charge in [0.1, 0.15) is 6.61 Å². The predicted molar refractivity (Wildman–Crippen MR) is 63.9 cm³/mol. The third-order valence-electron chi connectivity index (χ3n) is 3.51. The maximum atomic E-state index is 11.4. The zero-order valence-electron chi connectivity index (χ0n) is 10.00. The molecule has 1 unspecified atom stereocenters. The molecule has 2 nitrogen and oxygen atoms in total. The van der Waals surface area contributed by atoms with Crippen molar-refractivity contribution in [2.75, 3.05) is 6.61 Å². The SMILES string of the molecule is C=C(C)C1CC=C(COC(=O)C2CC2)CC1. The van der Waals surface area contributed by atoms with Crippen LogP contribution in [-0.4, -0.2) is 12.6 Å². The maximum Gasteiger partial charge on any atom is 0.309 e. The highest BCUT2D eigenvalue weighted by molar-refractivity contribution is 5.75. The maximum absolute atomic E-state index is 11.4. The summed E-state index contributed by atoms with van der Waals surface area (Å²) < 4.78 is 5.27. The molecular weight excluding hydrogens is 200 g/mol. The van der Waals surface area contributed by atoms with Gasteiger partial charge in [0.25, 0.3) is 0 Å². The van der Waals surface area contributed by atoms with Gasteiger partial charge in [0.15, 0.2) is 0 Å². The average Bonchev–Trinajstić information content (AvgIpc) is 3.10. The van der Waals surface area contributed by atoms with E-state index in [1.807, 2.05) is 0 Å². The Hall–Kier alpha value is -1.05. The third-order valence-corrected chi connectivity index (χ3v) is 3.51. The van der Waals surface area contributed by atoms with Gasteiger partial charge < -0.3 is 4.74 Å². The van der Waals surface area contributed by atoms with Gasteiger partial charge in [-0.15, -0.1) is 0 Å². The van der Waals surface area contributed by atoms with Gasteiger partial charge in [-0.25, -0.2) is 0 Å². The number of carbonyl (C=O) groups excluding carboxylic acids is 1. The minimum absolute atomic E-state index is 0.00271. The van der Waals surface area contributed by atoms with Crippen molar-refractivity contribution in [1.82, 2.24) is 0 Å². The topological polar surface area (TPSA) is 26.3 Å². The molecule has 0 radical (unpaired) electrons. The van der Waals surface area contributed by atoms with E-state index < -0.39 is 0 Å². The molecule has 2 rings (SSSR count). The van der Waals surface area contributed by atoms with Crippen LogP contribution >= 0.6 is 0 Å². The van der Waals surface area contributed by atoms with E-state index in [0.29, 0.717) is 12.5 Å². The number of allylic oxidation sites excluding steroid dienone is 2. The smallest absolute Gasteiger partial charge is 0.309 e. The van der Waals surface area contributed by atoms with Crippen LogP contribution in [0.3, 0.4) is 0 Å². The Morgan fingerprint density at radius 3 is 2.69 bits per heavy atom. The monoisotopic (exact) mass is 220 g/mol. The average molecular weight is 220 g/mol. The van der Waals surface area contributed by atoms with Crippen LogP contribution in [0.2, 0.25) is 0 Å². The Morgan fingerprint density at radius 2 is 2.19 bits per heavy atom. The first-order chi connectivity index (χ1) is 7.66. The van der Waals surface area contributed by atoms with Gasteiger partial charge in [-0.2, -0.15) is 0 Å². The summed E-state index contributed by atoms with van der Waals surface area (Å²) in [6.07, 6.45) is 7.54. The van der Waals surface area contributed by atoms with Crippen LogP contribution in [0.15, 0.2) is 23.8 Å². The molecule has 88 valence electrons. The summed E-state index contributed by atoms with van der Waals surface area (Å²) >= 11 is 0. The Balaban J connectivity index is 1.74. The summed E-state index contributed by atoms with van der Waals surface area (Å²) in [6, 6.07) is 0. The quantitative estimate of drug-likeness (QED) is 0.537. The second kappa shape index (κ2) is 4.86. The van der Waals surface area contributed by atoms with Gasteiger partial charge in [-0.1, -0.05) is 18.2 Å². The van der Waals surface area contributed by atoms with Crippen LogP contribution in [0.5, 0.6) is 0 Å². The van der Waals surface area contributed by atoms with Gasteiger partial charge in [0.2, 0.25) is 0 Å². The molecule has 0 amide bonds. The van der Waals surface area contributed by atoms with Crippen LogP contribution < -0.4 is 0 Å². The van der Waals surface area contributed by atoms with E-state index >= 15 is 0 Å². The summed E-state index contributed by atoms with van der Waals surface area (Å²) in [5, 5.41) is 0. The van der Waals surface area contributed by atoms with E-state index in [-0.39, 0.29) is 11.9 Å². The van der Waals surface area contributed by atoms with Crippen LogP contribution in [0.1, 0.15) is 39.0 Å². The fourth-order valence-corrected chi connectivity index (χ4v) is 2.07. The lowest BCUT2D eigenvalue weighted by Gasteiger charge is -2.21. The molecular formula is C14H20O2. The summed E-state index contributed by atoms with van der Waals surface area (Å²) in [7, 11) is 0. The van der Waals surface area contributed by atoms with Crippen LogP contribution in [-0.2, 0) is 9.53 Å². The summed E-state index contributed by atoms with van der Waals surface area (Å²) in [5.74, 6) is 0.846. The molecule has 0 bridgehead atoms. The number of ether oxygens (including phenoxy) is 1. The molecule has 0 heterocycles. The first kappa shape index (κ1) is 11.4. The van der Waals surface area contributed by atoms with Gasteiger partial charge in [-0.3, -0.25) is 4.79 Å². The second-order valence-corrected chi connectivity index (χ2v) is 5.06. The predicted octanol–water partition coefficient (Wildman–Crippen LogP) is 3.24. The number of hydrogen-bond donors (Lipinski definition) is 0. The highest BCUT2D eigenvalue weighted by Gasteiger charge is 2.31. The highest BCUT2D eigenvalue weighted by Crippen LogP contribution is 2.31. The van der Waals surface area contributed by atoms with Crippen molar-refractivity contribution >= 4 is 5.97 Å².